The summed E-state index contributed by atoms with van der Waals surface area (Å²) in [5.74, 6) is -0.341. The molecule has 0 radical (unpaired) electrons. The summed E-state index contributed by atoms with van der Waals surface area (Å²) in [6.45, 7) is 1.55. The van der Waals surface area contributed by atoms with Gasteiger partial charge in [0, 0.05) is 11.6 Å². The van der Waals surface area contributed by atoms with Crippen LogP contribution in [0, 0.1) is 0 Å². The maximum absolute atomic E-state index is 12.8. The Kier molecular flexibility index (Phi) is 7.60. The van der Waals surface area contributed by atoms with Gasteiger partial charge in [0.05, 0.1) is 13.2 Å². The molecule has 1 atom stereocenters. The van der Waals surface area contributed by atoms with Crippen LogP contribution >= 0.6 is 0 Å². The summed E-state index contributed by atoms with van der Waals surface area (Å²) < 4.78 is 10.6. The van der Waals surface area contributed by atoms with E-state index in [1.165, 1.54) is 6.08 Å². The van der Waals surface area contributed by atoms with Crippen molar-refractivity contribution < 1.29 is 19.1 Å². The molecule has 0 aliphatic heterocycles. The number of benzene rings is 3. The third kappa shape index (κ3) is 6.06. The van der Waals surface area contributed by atoms with Crippen LogP contribution in [0.3, 0.4) is 0 Å². The molecule has 0 unspecified atom stereocenters. The molecule has 1 N–H and O–H groups in total. The summed E-state index contributed by atoms with van der Waals surface area (Å²) in [7, 11) is 1.56. The third-order valence-electron chi connectivity index (χ3n) is 4.75. The number of methoxy groups -OCH3 is 1. The molecule has 5 nitrogen and oxygen atoms in total. The Morgan fingerprint density at radius 3 is 1.97 bits per heavy atom. The number of amides is 1. The normalized spacial score (nSPS) is 11.8. The maximum Gasteiger partial charge on any atom is 0.331 e. The zero-order valence-electron chi connectivity index (χ0n) is 17.5. The number of para-hydroxylation sites is 1. The van der Waals surface area contributed by atoms with Crippen LogP contribution < -0.4 is 10.1 Å². The standard InChI is InChI=1S/C26H25NO4/c1-19(31-24(28)18-17-20-11-9-10-16-23(20)30-2)26(29)27-25(21-12-5-3-6-13-21)22-14-7-4-8-15-22/h3-19,25H,1-2H3,(H,27,29)/b18-17+/t19-/m1/s1. The summed E-state index contributed by atoms with van der Waals surface area (Å²) in [5.41, 5.74) is 2.63. The Hall–Kier alpha value is -3.86. The largest absolute Gasteiger partial charge is 0.496 e. The van der Waals surface area contributed by atoms with Crippen LogP contribution in [0.5, 0.6) is 5.75 Å². The Morgan fingerprint density at radius 1 is 0.839 bits per heavy atom. The van der Waals surface area contributed by atoms with Crippen molar-refractivity contribution in [1.29, 1.82) is 0 Å². The second-order valence-electron chi connectivity index (χ2n) is 6.92. The average molecular weight is 415 g/mol. The first-order valence-electron chi connectivity index (χ1n) is 10.0. The Balaban J connectivity index is 1.67. The Labute approximate surface area is 182 Å². The fourth-order valence-corrected chi connectivity index (χ4v) is 3.14. The smallest absolute Gasteiger partial charge is 0.331 e. The first-order valence-corrected chi connectivity index (χ1v) is 10.0. The highest BCUT2D eigenvalue weighted by atomic mass is 16.5. The van der Waals surface area contributed by atoms with E-state index in [1.54, 1.807) is 26.2 Å². The van der Waals surface area contributed by atoms with E-state index >= 15 is 0 Å². The van der Waals surface area contributed by atoms with Gasteiger partial charge in [-0.3, -0.25) is 4.79 Å². The van der Waals surface area contributed by atoms with Gasteiger partial charge in [0.1, 0.15) is 5.75 Å². The van der Waals surface area contributed by atoms with Gasteiger partial charge in [0.15, 0.2) is 6.10 Å². The third-order valence-corrected chi connectivity index (χ3v) is 4.75. The van der Waals surface area contributed by atoms with Gasteiger partial charge in [0.2, 0.25) is 0 Å². The van der Waals surface area contributed by atoms with Crippen molar-refractivity contribution in [3.8, 4) is 5.75 Å². The predicted molar refractivity (Wildman–Crippen MR) is 120 cm³/mol. The second kappa shape index (κ2) is 10.8. The number of esters is 1. The first-order chi connectivity index (χ1) is 15.1. The highest BCUT2D eigenvalue weighted by molar-refractivity contribution is 5.90. The van der Waals surface area contributed by atoms with Crippen molar-refractivity contribution in [2.24, 2.45) is 0 Å². The lowest BCUT2D eigenvalue weighted by Crippen LogP contribution is -2.38. The minimum atomic E-state index is -0.954. The summed E-state index contributed by atoms with van der Waals surface area (Å²) in [4.78, 5) is 25.0. The van der Waals surface area contributed by atoms with Gasteiger partial charge in [-0.15, -0.1) is 0 Å². The van der Waals surface area contributed by atoms with E-state index in [4.69, 9.17) is 9.47 Å². The Bertz CT molecular complexity index is 992. The molecule has 0 heterocycles. The minimum absolute atomic E-state index is 0.347. The number of nitrogens with one attached hydrogen (secondary N) is 1. The van der Waals surface area contributed by atoms with Crippen molar-refractivity contribution in [1.82, 2.24) is 5.32 Å². The molecule has 3 aromatic carbocycles. The highest BCUT2D eigenvalue weighted by Crippen LogP contribution is 2.22. The average Bonchev–Trinajstić information content (AvgIpc) is 2.82. The molecule has 3 aromatic rings. The fraction of sp³-hybridized carbons (Fsp3) is 0.154. The van der Waals surface area contributed by atoms with Crippen molar-refractivity contribution in [2.45, 2.75) is 19.1 Å². The van der Waals surface area contributed by atoms with Crippen LogP contribution in [-0.2, 0) is 14.3 Å². The van der Waals surface area contributed by atoms with Crippen molar-refractivity contribution in [3.05, 3.63) is 108 Å². The lowest BCUT2D eigenvalue weighted by atomic mass is 9.98. The van der Waals surface area contributed by atoms with E-state index in [0.29, 0.717) is 5.75 Å². The van der Waals surface area contributed by atoms with E-state index < -0.39 is 12.1 Å². The van der Waals surface area contributed by atoms with Crippen LogP contribution in [0.25, 0.3) is 6.08 Å². The molecule has 31 heavy (non-hydrogen) atoms. The topological polar surface area (TPSA) is 64.6 Å². The summed E-state index contributed by atoms with van der Waals surface area (Å²) in [6.07, 6.45) is 1.93. The number of rotatable bonds is 8. The molecule has 0 aromatic heterocycles. The lowest BCUT2D eigenvalue weighted by molar-refractivity contribution is -0.150. The summed E-state index contributed by atoms with van der Waals surface area (Å²) in [6, 6.07) is 26.3. The zero-order chi connectivity index (χ0) is 22.1. The molecular formula is C26H25NO4. The fourth-order valence-electron chi connectivity index (χ4n) is 3.14. The van der Waals surface area contributed by atoms with Crippen molar-refractivity contribution in [3.63, 3.8) is 0 Å². The van der Waals surface area contributed by atoms with Gasteiger partial charge in [-0.2, -0.15) is 0 Å². The van der Waals surface area contributed by atoms with Gasteiger partial charge >= 0.3 is 5.97 Å². The van der Waals surface area contributed by atoms with Crippen molar-refractivity contribution >= 4 is 18.0 Å². The van der Waals surface area contributed by atoms with Gasteiger partial charge < -0.3 is 14.8 Å². The van der Waals surface area contributed by atoms with Crippen LogP contribution in [0.1, 0.15) is 29.7 Å². The molecule has 3 rings (SSSR count). The number of carbonyl (C=O) groups is 2. The molecular weight excluding hydrogens is 390 g/mol. The summed E-state index contributed by atoms with van der Waals surface area (Å²) in [5, 5.41) is 2.99. The van der Waals surface area contributed by atoms with E-state index in [1.807, 2.05) is 78.9 Å². The van der Waals surface area contributed by atoms with Gasteiger partial charge in [0.25, 0.3) is 5.91 Å². The molecule has 0 aliphatic carbocycles. The molecule has 158 valence electrons. The number of ether oxygens (including phenoxy) is 2. The molecule has 0 fully saturated rings. The predicted octanol–water partition coefficient (Wildman–Crippen LogP) is 4.55. The van der Waals surface area contributed by atoms with E-state index in [9.17, 15) is 9.59 Å². The molecule has 0 aliphatic rings. The van der Waals surface area contributed by atoms with E-state index in [-0.39, 0.29) is 11.9 Å². The van der Waals surface area contributed by atoms with Crippen LogP contribution in [-0.4, -0.2) is 25.1 Å². The molecule has 0 spiro atoms. The Morgan fingerprint density at radius 2 is 1.39 bits per heavy atom. The lowest BCUT2D eigenvalue weighted by Gasteiger charge is -2.22. The SMILES string of the molecule is COc1ccccc1/C=C/C(=O)O[C@H](C)C(=O)NC(c1ccccc1)c1ccccc1. The number of carbonyl (C=O) groups excluding carboxylic acids is 2. The molecule has 0 bridgehead atoms. The highest BCUT2D eigenvalue weighted by Gasteiger charge is 2.22. The van der Waals surface area contributed by atoms with E-state index in [0.717, 1.165) is 16.7 Å². The molecule has 0 saturated carbocycles. The van der Waals surface area contributed by atoms with Crippen LogP contribution in [0.4, 0.5) is 0 Å². The van der Waals surface area contributed by atoms with E-state index in [2.05, 4.69) is 5.32 Å². The molecule has 1 amide bonds. The monoisotopic (exact) mass is 415 g/mol. The molecule has 5 heteroatoms. The van der Waals surface area contributed by atoms with Crippen LogP contribution in [0.15, 0.2) is 91.0 Å². The van der Waals surface area contributed by atoms with Crippen LogP contribution in [0.2, 0.25) is 0 Å². The number of hydrogen-bond acceptors (Lipinski definition) is 4. The first kappa shape index (κ1) is 21.8. The van der Waals surface area contributed by atoms with Gasteiger partial charge in [-0.05, 0) is 30.2 Å². The minimum Gasteiger partial charge on any atom is -0.496 e. The maximum atomic E-state index is 12.8. The van der Waals surface area contributed by atoms with Gasteiger partial charge in [-0.25, -0.2) is 4.79 Å². The molecule has 0 saturated heterocycles. The number of hydrogen-bond donors (Lipinski definition) is 1. The van der Waals surface area contributed by atoms with Gasteiger partial charge in [-0.1, -0.05) is 78.9 Å². The summed E-state index contributed by atoms with van der Waals surface area (Å²) >= 11 is 0. The second-order valence-corrected chi connectivity index (χ2v) is 6.92. The zero-order valence-corrected chi connectivity index (χ0v) is 17.5. The van der Waals surface area contributed by atoms with Crippen molar-refractivity contribution in [2.75, 3.05) is 7.11 Å². The quantitative estimate of drug-likeness (QED) is 0.433.